The minimum Gasteiger partial charge on any atom is -0.387 e. The van der Waals surface area contributed by atoms with E-state index >= 15 is 0 Å². The Labute approximate surface area is 96.4 Å². The Morgan fingerprint density at radius 3 is 2.38 bits per heavy atom. The molecule has 1 rings (SSSR count). The van der Waals surface area contributed by atoms with E-state index in [0.29, 0.717) is 5.84 Å². The molecule has 0 amide bonds. The molecule has 0 bridgehead atoms. The fraction of sp³-hybridized carbons (Fsp3) is 0.462. The van der Waals surface area contributed by atoms with Crippen molar-refractivity contribution < 1.29 is 4.39 Å². The van der Waals surface area contributed by atoms with Gasteiger partial charge >= 0.3 is 0 Å². The summed E-state index contributed by atoms with van der Waals surface area (Å²) in [5, 5.41) is 0. The second kappa shape index (κ2) is 5.10. The minimum absolute atomic E-state index is 0.233. The lowest BCUT2D eigenvalue weighted by molar-refractivity contribution is 0.623. The lowest BCUT2D eigenvalue weighted by Gasteiger charge is -2.24. The van der Waals surface area contributed by atoms with Crippen LogP contribution in [0.2, 0.25) is 0 Å². The predicted molar refractivity (Wildman–Crippen MR) is 66.2 cm³/mol. The first-order valence-electron chi connectivity index (χ1n) is 5.55. The molecule has 0 aliphatic rings. The standard InChI is InChI=1S/C13H19FN2/c1-4-9-16-12(15)13(2,3)10-5-7-11(14)8-6-10/h5-8H,4,9H2,1-3H3,(H2,15,16). The summed E-state index contributed by atoms with van der Waals surface area (Å²) in [5.74, 6) is 0.365. The van der Waals surface area contributed by atoms with E-state index in [9.17, 15) is 4.39 Å². The lowest BCUT2D eigenvalue weighted by atomic mass is 9.83. The molecule has 0 saturated carbocycles. The highest BCUT2D eigenvalue weighted by Gasteiger charge is 2.24. The van der Waals surface area contributed by atoms with E-state index in [1.54, 1.807) is 12.1 Å². The Balaban J connectivity index is 2.96. The number of amidine groups is 1. The zero-order valence-electron chi connectivity index (χ0n) is 10.1. The average Bonchev–Trinajstić information content (AvgIpc) is 2.26. The molecule has 0 radical (unpaired) electrons. The average molecular weight is 222 g/mol. The van der Waals surface area contributed by atoms with E-state index in [0.717, 1.165) is 18.5 Å². The predicted octanol–water partition coefficient (Wildman–Crippen LogP) is 2.87. The van der Waals surface area contributed by atoms with E-state index in [2.05, 4.69) is 11.9 Å². The van der Waals surface area contributed by atoms with Gasteiger partial charge in [-0.2, -0.15) is 0 Å². The molecule has 1 aromatic carbocycles. The Bertz CT molecular complexity index is 366. The Hall–Kier alpha value is -1.38. The number of aliphatic imine (C=N–C) groups is 1. The zero-order valence-corrected chi connectivity index (χ0v) is 10.1. The van der Waals surface area contributed by atoms with Crippen molar-refractivity contribution >= 4 is 5.84 Å². The van der Waals surface area contributed by atoms with Crippen molar-refractivity contribution in [3.63, 3.8) is 0 Å². The van der Waals surface area contributed by atoms with Crippen molar-refractivity contribution in [3.05, 3.63) is 35.6 Å². The normalized spacial score (nSPS) is 12.9. The smallest absolute Gasteiger partial charge is 0.123 e. The largest absolute Gasteiger partial charge is 0.387 e. The van der Waals surface area contributed by atoms with Crippen molar-refractivity contribution in [2.24, 2.45) is 10.7 Å². The van der Waals surface area contributed by atoms with Crippen LogP contribution in [0.4, 0.5) is 4.39 Å². The van der Waals surface area contributed by atoms with E-state index in [1.807, 2.05) is 13.8 Å². The molecular formula is C13H19FN2. The Kier molecular flexibility index (Phi) is 4.05. The van der Waals surface area contributed by atoms with Crippen molar-refractivity contribution in [1.29, 1.82) is 0 Å². The van der Waals surface area contributed by atoms with Crippen molar-refractivity contribution in [2.75, 3.05) is 6.54 Å². The summed E-state index contributed by atoms with van der Waals surface area (Å²) in [6, 6.07) is 6.40. The van der Waals surface area contributed by atoms with Crippen LogP contribution in [0, 0.1) is 5.82 Å². The third-order valence-corrected chi connectivity index (χ3v) is 2.71. The monoisotopic (exact) mass is 222 g/mol. The fourth-order valence-electron chi connectivity index (χ4n) is 1.44. The third-order valence-electron chi connectivity index (χ3n) is 2.71. The molecule has 0 aromatic heterocycles. The molecule has 0 atom stereocenters. The zero-order chi connectivity index (χ0) is 12.2. The summed E-state index contributed by atoms with van der Waals surface area (Å²) in [6.45, 7) is 6.78. The van der Waals surface area contributed by atoms with Crippen LogP contribution in [0.1, 0.15) is 32.8 Å². The minimum atomic E-state index is -0.344. The number of rotatable bonds is 4. The van der Waals surface area contributed by atoms with Gasteiger partial charge in [-0.3, -0.25) is 4.99 Å². The van der Waals surface area contributed by atoms with Gasteiger partial charge in [-0.05, 0) is 38.0 Å². The van der Waals surface area contributed by atoms with Crippen molar-refractivity contribution in [1.82, 2.24) is 0 Å². The van der Waals surface area contributed by atoms with Gasteiger partial charge in [0.1, 0.15) is 11.7 Å². The van der Waals surface area contributed by atoms with E-state index < -0.39 is 0 Å². The molecule has 0 saturated heterocycles. The van der Waals surface area contributed by atoms with Gasteiger partial charge in [0.2, 0.25) is 0 Å². The topological polar surface area (TPSA) is 38.4 Å². The van der Waals surface area contributed by atoms with E-state index in [-0.39, 0.29) is 11.2 Å². The van der Waals surface area contributed by atoms with Gasteiger partial charge in [-0.15, -0.1) is 0 Å². The van der Waals surface area contributed by atoms with Crippen molar-refractivity contribution in [3.8, 4) is 0 Å². The Morgan fingerprint density at radius 1 is 1.31 bits per heavy atom. The molecule has 0 fully saturated rings. The molecule has 0 aliphatic heterocycles. The molecule has 0 spiro atoms. The number of benzene rings is 1. The van der Waals surface area contributed by atoms with Gasteiger partial charge in [0.05, 0.1) is 0 Å². The van der Waals surface area contributed by atoms with Crippen LogP contribution in [0.3, 0.4) is 0 Å². The van der Waals surface area contributed by atoms with Crippen molar-refractivity contribution in [2.45, 2.75) is 32.6 Å². The molecule has 88 valence electrons. The van der Waals surface area contributed by atoms with Crippen LogP contribution in [0.15, 0.2) is 29.3 Å². The highest BCUT2D eigenvalue weighted by atomic mass is 19.1. The molecule has 3 heteroatoms. The molecule has 0 unspecified atom stereocenters. The SMILES string of the molecule is CCCN=C(N)C(C)(C)c1ccc(F)cc1. The molecule has 0 heterocycles. The van der Waals surface area contributed by atoms with Gasteiger partial charge in [-0.1, -0.05) is 19.1 Å². The first kappa shape index (κ1) is 12.7. The van der Waals surface area contributed by atoms with Gasteiger partial charge < -0.3 is 5.73 Å². The Morgan fingerprint density at radius 2 is 1.88 bits per heavy atom. The highest BCUT2D eigenvalue weighted by Crippen LogP contribution is 2.23. The quantitative estimate of drug-likeness (QED) is 0.617. The molecule has 2 nitrogen and oxygen atoms in total. The fourth-order valence-corrected chi connectivity index (χ4v) is 1.44. The molecule has 16 heavy (non-hydrogen) atoms. The third kappa shape index (κ3) is 2.81. The van der Waals surface area contributed by atoms with Crippen LogP contribution >= 0.6 is 0 Å². The summed E-state index contributed by atoms with van der Waals surface area (Å²) in [5.41, 5.74) is 6.60. The number of hydrogen-bond acceptors (Lipinski definition) is 1. The first-order chi connectivity index (χ1) is 7.48. The second-order valence-corrected chi connectivity index (χ2v) is 4.40. The van der Waals surface area contributed by atoms with Gasteiger partial charge in [0, 0.05) is 12.0 Å². The molecule has 1 aromatic rings. The number of hydrogen-bond donors (Lipinski definition) is 1. The molecule has 2 N–H and O–H groups in total. The van der Waals surface area contributed by atoms with Gasteiger partial charge in [-0.25, -0.2) is 4.39 Å². The van der Waals surface area contributed by atoms with Crippen LogP contribution in [0.5, 0.6) is 0 Å². The summed E-state index contributed by atoms with van der Waals surface area (Å²) < 4.78 is 12.8. The highest BCUT2D eigenvalue weighted by molar-refractivity contribution is 5.90. The van der Waals surface area contributed by atoms with Crippen LogP contribution < -0.4 is 5.73 Å². The lowest BCUT2D eigenvalue weighted by Crippen LogP contribution is -2.36. The maximum atomic E-state index is 12.8. The maximum Gasteiger partial charge on any atom is 0.123 e. The number of halogens is 1. The first-order valence-corrected chi connectivity index (χ1v) is 5.55. The maximum absolute atomic E-state index is 12.8. The van der Waals surface area contributed by atoms with Gasteiger partial charge in [0.25, 0.3) is 0 Å². The van der Waals surface area contributed by atoms with E-state index in [4.69, 9.17) is 5.73 Å². The van der Waals surface area contributed by atoms with Gasteiger partial charge in [0.15, 0.2) is 0 Å². The van der Waals surface area contributed by atoms with Crippen LogP contribution in [-0.2, 0) is 5.41 Å². The van der Waals surface area contributed by atoms with Crippen LogP contribution in [-0.4, -0.2) is 12.4 Å². The molecular weight excluding hydrogens is 203 g/mol. The molecule has 0 aliphatic carbocycles. The number of nitrogens with zero attached hydrogens (tertiary/aromatic N) is 1. The summed E-state index contributed by atoms with van der Waals surface area (Å²) in [4.78, 5) is 4.31. The van der Waals surface area contributed by atoms with Crippen LogP contribution in [0.25, 0.3) is 0 Å². The summed E-state index contributed by atoms with van der Waals surface area (Å²) in [7, 11) is 0. The second-order valence-electron chi connectivity index (χ2n) is 4.40. The summed E-state index contributed by atoms with van der Waals surface area (Å²) in [6.07, 6.45) is 0.972. The number of nitrogens with two attached hydrogens (primary N) is 1. The summed E-state index contributed by atoms with van der Waals surface area (Å²) >= 11 is 0. The van der Waals surface area contributed by atoms with E-state index in [1.165, 1.54) is 12.1 Å².